The van der Waals surface area contributed by atoms with Gasteiger partial charge in [0.2, 0.25) is 0 Å². The number of rotatable bonds is 6. The van der Waals surface area contributed by atoms with Crippen molar-refractivity contribution in [3.05, 3.63) is 117 Å². The molecule has 1 N–H and O–H groups in total. The number of fused-ring (bicyclic) bond motifs is 1. The number of tetrazole rings is 1. The molecule has 0 radical (unpaired) electrons. The average molecular weight is 524 g/mol. The second kappa shape index (κ2) is 10.4. The average Bonchev–Trinajstić information content (AvgIpc) is 3.39. The highest BCUT2D eigenvalue weighted by molar-refractivity contribution is 5.81. The van der Waals surface area contributed by atoms with Gasteiger partial charge in [-0.25, -0.2) is 9.07 Å². The predicted molar refractivity (Wildman–Crippen MR) is 149 cm³/mol. The Morgan fingerprint density at radius 1 is 0.923 bits per heavy atom. The van der Waals surface area contributed by atoms with E-state index in [0.29, 0.717) is 49.8 Å². The van der Waals surface area contributed by atoms with E-state index in [9.17, 15) is 9.18 Å². The van der Waals surface area contributed by atoms with E-state index >= 15 is 0 Å². The van der Waals surface area contributed by atoms with Gasteiger partial charge in [-0.05, 0) is 76.7 Å². The Kier molecular flexibility index (Phi) is 6.66. The van der Waals surface area contributed by atoms with Crippen LogP contribution in [0.25, 0.3) is 10.9 Å². The summed E-state index contributed by atoms with van der Waals surface area (Å²) in [5.74, 6) is 0.373. The highest BCUT2D eigenvalue weighted by atomic mass is 19.1. The van der Waals surface area contributed by atoms with Crippen LogP contribution in [0, 0.1) is 19.7 Å². The van der Waals surface area contributed by atoms with Gasteiger partial charge in [0.25, 0.3) is 5.56 Å². The number of para-hydroxylation sites is 1. The first-order valence-electron chi connectivity index (χ1n) is 13.2. The lowest BCUT2D eigenvalue weighted by atomic mass is 10.00. The van der Waals surface area contributed by atoms with Crippen molar-refractivity contribution in [3.8, 4) is 0 Å². The molecule has 1 atom stereocenters. The van der Waals surface area contributed by atoms with Gasteiger partial charge in [-0.15, -0.1) is 5.10 Å². The maximum absolute atomic E-state index is 14.5. The maximum Gasteiger partial charge on any atom is 0.253 e. The number of nitrogens with zero attached hydrogens (tertiary/aromatic N) is 6. The molecule has 1 aliphatic heterocycles. The van der Waals surface area contributed by atoms with Crippen LogP contribution >= 0.6 is 0 Å². The molecule has 2 aromatic heterocycles. The number of aromatic nitrogens is 5. The van der Waals surface area contributed by atoms with Crippen LogP contribution < -0.4 is 10.5 Å². The van der Waals surface area contributed by atoms with E-state index < -0.39 is 6.04 Å². The Labute approximate surface area is 225 Å². The lowest BCUT2D eigenvalue weighted by Crippen LogP contribution is -2.49. The summed E-state index contributed by atoms with van der Waals surface area (Å²) in [6, 6.07) is 22.5. The topological polar surface area (TPSA) is 82.9 Å². The molecule has 0 spiro atoms. The standard InChI is InChI=1S/C30H30FN7O/c1-20-16-23-18-24(30(39)32-26(23)17-21(20)2)28(29-33-34-35-38(29)19-22-8-4-3-5-9-22)37-14-12-36(13-15-37)27-11-7-6-10-25(27)31/h3-11,16-18,28H,12-15,19H2,1-2H3,(H,32,39)/t28-/m0/s1. The van der Waals surface area contributed by atoms with Crippen molar-refractivity contribution < 1.29 is 4.39 Å². The molecule has 0 unspecified atom stereocenters. The van der Waals surface area contributed by atoms with Crippen LogP contribution in [-0.2, 0) is 6.54 Å². The molecule has 1 fully saturated rings. The second-order valence-corrected chi connectivity index (χ2v) is 10.1. The molecule has 8 nitrogen and oxygen atoms in total. The fraction of sp³-hybridized carbons (Fsp3) is 0.267. The first kappa shape index (κ1) is 24.9. The van der Waals surface area contributed by atoms with Gasteiger partial charge in [0, 0.05) is 37.3 Å². The Bertz CT molecular complexity index is 1670. The number of aromatic amines is 1. The van der Waals surface area contributed by atoms with E-state index in [1.807, 2.05) is 60.4 Å². The van der Waals surface area contributed by atoms with Gasteiger partial charge in [-0.2, -0.15) is 0 Å². The van der Waals surface area contributed by atoms with Crippen LogP contribution in [0.4, 0.5) is 10.1 Å². The molecule has 198 valence electrons. The number of piperazine rings is 1. The monoisotopic (exact) mass is 523 g/mol. The molecule has 0 saturated carbocycles. The lowest BCUT2D eigenvalue weighted by Gasteiger charge is -2.39. The Morgan fingerprint density at radius 2 is 1.64 bits per heavy atom. The van der Waals surface area contributed by atoms with Gasteiger partial charge in [0.1, 0.15) is 11.9 Å². The van der Waals surface area contributed by atoms with E-state index in [0.717, 1.165) is 27.6 Å². The zero-order valence-corrected chi connectivity index (χ0v) is 22.0. The Morgan fingerprint density at radius 3 is 2.41 bits per heavy atom. The number of nitrogens with one attached hydrogen (secondary N) is 1. The summed E-state index contributed by atoms with van der Waals surface area (Å²) in [5, 5.41) is 13.7. The second-order valence-electron chi connectivity index (χ2n) is 10.1. The smallest absolute Gasteiger partial charge is 0.253 e. The van der Waals surface area contributed by atoms with Crippen molar-refractivity contribution in [1.29, 1.82) is 0 Å². The third kappa shape index (κ3) is 4.93. The van der Waals surface area contributed by atoms with Crippen molar-refractivity contribution in [2.24, 2.45) is 0 Å². The molecule has 1 aliphatic rings. The van der Waals surface area contributed by atoms with Crippen LogP contribution in [-0.4, -0.2) is 56.3 Å². The van der Waals surface area contributed by atoms with Crippen molar-refractivity contribution in [3.63, 3.8) is 0 Å². The van der Waals surface area contributed by atoms with Gasteiger partial charge in [0.05, 0.1) is 12.2 Å². The molecule has 1 saturated heterocycles. The minimum absolute atomic E-state index is 0.165. The molecular weight excluding hydrogens is 493 g/mol. The van der Waals surface area contributed by atoms with E-state index in [2.05, 4.69) is 38.4 Å². The maximum atomic E-state index is 14.5. The van der Waals surface area contributed by atoms with E-state index in [4.69, 9.17) is 0 Å². The highest BCUT2D eigenvalue weighted by Gasteiger charge is 2.33. The minimum Gasteiger partial charge on any atom is -0.367 e. The van der Waals surface area contributed by atoms with Crippen molar-refractivity contribution in [2.45, 2.75) is 26.4 Å². The quantitative estimate of drug-likeness (QED) is 0.359. The number of halogens is 1. The number of pyridine rings is 1. The summed E-state index contributed by atoms with van der Waals surface area (Å²) >= 11 is 0. The molecule has 5 aromatic rings. The Hall–Kier alpha value is -4.37. The zero-order valence-electron chi connectivity index (χ0n) is 22.0. The third-order valence-corrected chi connectivity index (χ3v) is 7.63. The lowest BCUT2D eigenvalue weighted by molar-refractivity contribution is 0.200. The molecule has 9 heteroatoms. The van der Waals surface area contributed by atoms with Gasteiger partial charge in [-0.1, -0.05) is 42.5 Å². The summed E-state index contributed by atoms with van der Waals surface area (Å²) in [6.07, 6.45) is 0. The first-order valence-corrected chi connectivity index (χ1v) is 13.2. The summed E-state index contributed by atoms with van der Waals surface area (Å²) in [6.45, 7) is 7.04. The summed E-state index contributed by atoms with van der Waals surface area (Å²) < 4.78 is 16.3. The van der Waals surface area contributed by atoms with E-state index in [-0.39, 0.29) is 11.4 Å². The van der Waals surface area contributed by atoms with Crippen LogP contribution in [0.15, 0.2) is 77.6 Å². The number of hydrogen-bond donors (Lipinski definition) is 1. The van der Waals surface area contributed by atoms with Crippen molar-refractivity contribution in [2.75, 3.05) is 31.1 Å². The number of H-pyrrole nitrogens is 1. The first-order chi connectivity index (χ1) is 19.0. The number of aryl methyl sites for hydroxylation is 2. The van der Waals surface area contributed by atoms with Crippen LogP contribution in [0.3, 0.4) is 0 Å². The number of anilines is 1. The third-order valence-electron chi connectivity index (χ3n) is 7.63. The molecule has 0 bridgehead atoms. The molecule has 0 aliphatic carbocycles. The molecule has 6 rings (SSSR count). The summed E-state index contributed by atoms with van der Waals surface area (Å²) in [7, 11) is 0. The molecule has 3 aromatic carbocycles. The SMILES string of the molecule is Cc1cc2cc([C@@H](c3nnnn3Cc3ccccc3)N3CCN(c4ccccc4F)CC3)c(=O)[nH]c2cc1C. The number of hydrogen-bond acceptors (Lipinski definition) is 6. The molecule has 39 heavy (non-hydrogen) atoms. The van der Waals surface area contributed by atoms with Gasteiger partial charge < -0.3 is 9.88 Å². The van der Waals surface area contributed by atoms with E-state index in [1.165, 1.54) is 6.07 Å². The number of benzene rings is 3. The van der Waals surface area contributed by atoms with E-state index in [1.54, 1.807) is 16.8 Å². The van der Waals surface area contributed by atoms with Crippen molar-refractivity contribution in [1.82, 2.24) is 30.1 Å². The summed E-state index contributed by atoms with van der Waals surface area (Å²) in [4.78, 5) is 21.0. The normalized spacial score (nSPS) is 15.1. The fourth-order valence-electron chi connectivity index (χ4n) is 5.40. The molecule has 0 amide bonds. The largest absolute Gasteiger partial charge is 0.367 e. The van der Waals surface area contributed by atoms with Gasteiger partial charge >= 0.3 is 0 Å². The van der Waals surface area contributed by atoms with Crippen LogP contribution in [0.2, 0.25) is 0 Å². The minimum atomic E-state index is -0.471. The Balaban J connectivity index is 1.40. The van der Waals surface area contributed by atoms with Crippen LogP contribution in [0.5, 0.6) is 0 Å². The molecular formula is C30H30FN7O. The fourth-order valence-corrected chi connectivity index (χ4v) is 5.40. The van der Waals surface area contributed by atoms with Crippen molar-refractivity contribution >= 4 is 16.6 Å². The highest BCUT2D eigenvalue weighted by Crippen LogP contribution is 2.30. The van der Waals surface area contributed by atoms with Gasteiger partial charge in [0.15, 0.2) is 5.82 Å². The van der Waals surface area contributed by atoms with Crippen LogP contribution in [0.1, 0.15) is 34.1 Å². The predicted octanol–water partition coefficient (Wildman–Crippen LogP) is 4.23. The molecule has 3 heterocycles. The summed E-state index contributed by atoms with van der Waals surface area (Å²) in [5.41, 5.74) is 5.17. The zero-order chi connectivity index (χ0) is 26.9. The van der Waals surface area contributed by atoms with Gasteiger partial charge in [-0.3, -0.25) is 9.69 Å².